The Kier molecular flexibility index (Phi) is 2.64. The number of halogens is 1. The molecule has 0 atom stereocenters. The molecule has 1 aromatic carbocycles. The van der Waals surface area contributed by atoms with Crippen LogP contribution in [-0.2, 0) is 0 Å². The van der Waals surface area contributed by atoms with Gasteiger partial charge in [-0.2, -0.15) is 0 Å². The third-order valence-electron chi connectivity index (χ3n) is 2.04. The number of aromatic nitrogens is 2. The second kappa shape index (κ2) is 3.94. The van der Waals surface area contributed by atoms with E-state index in [2.05, 4.69) is 26.3 Å². The van der Waals surface area contributed by atoms with Crippen LogP contribution in [0, 0.1) is 0 Å². The summed E-state index contributed by atoms with van der Waals surface area (Å²) in [5.74, 6) is 1.37. The smallest absolute Gasteiger partial charge is 0.148 e. The van der Waals surface area contributed by atoms with Crippen LogP contribution in [0.2, 0.25) is 0 Å². The van der Waals surface area contributed by atoms with Crippen LogP contribution in [-0.4, -0.2) is 16.8 Å². The van der Waals surface area contributed by atoms with Gasteiger partial charge in [0.2, 0.25) is 0 Å². The van der Waals surface area contributed by atoms with Crippen molar-refractivity contribution in [3.8, 4) is 5.69 Å². The first-order valence-electron chi connectivity index (χ1n) is 4.50. The van der Waals surface area contributed by atoms with Crippen molar-refractivity contribution in [2.75, 3.05) is 18.1 Å². The van der Waals surface area contributed by atoms with E-state index in [0.29, 0.717) is 5.82 Å². The van der Waals surface area contributed by atoms with Crippen LogP contribution in [0.25, 0.3) is 5.69 Å². The summed E-state index contributed by atoms with van der Waals surface area (Å²) in [6.07, 6.45) is 0. The average molecular weight is 267 g/mol. The van der Waals surface area contributed by atoms with Gasteiger partial charge in [0, 0.05) is 17.6 Å². The maximum atomic E-state index is 5.65. The van der Waals surface area contributed by atoms with E-state index < -0.39 is 0 Å². The molecular weight excluding hydrogens is 256 g/mol. The zero-order chi connectivity index (χ0) is 10.8. The Hall–Kier alpha value is -1.49. The summed E-state index contributed by atoms with van der Waals surface area (Å²) in [5, 5.41) is 7.24. The number of hydrogen-bond donors (Lipinski definition) is 2. The maximum absolute atomic E-state index is 5.65. The highest BCUT2D eigenvalue weighted by Gasteiger charge is 2.06. The van der Waals surface area contributed by atoms with Gasteiger partial charge >= 0.3 is 0 Å². The molecule has 4 nitrogen and oxygen atoms in total. The molecule has 0 aliphatic heterocycles. The van der Waals surface area contributed by atoms with Gasteiger partial charge in [0.1, 0.15) is 11.6 Å². The lowest BCUT2D eigenvalue weighted by Gasteiger charge is -2.06. The SMILES string of the molecule is CNc1cc(N)nn1-c1cccc(Br)c1. The van der Waals surface area contributed by atoms with Gasteiger partial charge in [-0.3, -0.25) is 0 Å². The van der Waals surface area contributed by atoms with E-state index in [1.54, 1.807) is 10.7 Å². The van der Waals surface area contributed by atoms with Crippen LogP contribution in [0.5, 0.6) is 0 Å². The van der Waals surface area contributed by atoms with Crippen molar-refractivity contribution in [1.29, 1.82) is 0 Å². The number of rotatable bonds is 2. The molecule has 0 aliphatic rings. The Balaban J connectivity index is 2.53. The third-order valence-corrected chi connectivity index (χ3v) is 2.53. The first kappa shape index (κ1) is 10.0. The van der Waals surface area contributed by atoms with Gasteiger partial charge in [-0.25, -0.2) is 4.68 Å². The van der Waals surface area contributed by atoms with Gasteiger partial charge in [0.25, 0.3) is 0 Å². The molecule has 0 radical (unpaired) electrons. The molecule has 0 saturated heterocycles. The molecule has 3 N–H and O–H groups in total. The van der Waals surface area contributed by atoms with Gasteiger partial charge < -0.3 is 11.1 Å². The number of benzene rings is 1. The molecule has 0 fully saturated rings. The molecule has 78 valence electrons. The quantitative estimate of drug-likeness (QED) is 0.877. The summed E-state index contributed by atoms with van der Waals surface area (Å²) >= 11 is 3.42. The second-order valence-corrected chi connectivity index (χ2v) is 4.01. The highest BCUT2D eigenvalue weighted by molar-refractivity contribution is 9.10. The molecule has 0 amide bonds. The van der Waals surface area contributed by atoms with E-state index >= 15 is 0 Å². The largest absolute Gasteiger partial charge is 0.382 e. The van der Waals surface area contributed by atoms with Crippen LogP contribution in [0.1, 0.15) is 0 Å². The predicted octanol–water partition coefficient (Wildman–Crippen LogP) is 2.26. The average Bonchev–Trinajstić information content (AvgIpc) is 2.59. The van der Waals surface area contributed by atoms with E-state index in [1.807, 2.05) is 31.3 Å². The van der Waals surface area contributed by atoms with E-state index in [1.165, 1.54) is 0 Å². The minimum atomic E-state index is 0.499. The Bertz CT molecular complexity index is 478. The normalized spacial score (nSPS) is 10.3. The summed E-state index contributed by atoms with van der Waals surface area (Å²) in [6.45, 7) is 0. The molecule has 0 aliphatic carbocycles. The van der Waals surface area contributed by atoms with Crippen molar-refractivity contribution in [3.05, 3.63) is 34.8 Å². The van der Waals surface area contributed by atoms with Crippen molar-refractivity contribution in [1.82, 2.24) is 9.78 Å². The first-order chi connectivity index (χ1) is 7.20. The number of nitrogens with one attached hydrogen (secondary N) is 1. The fourth-order valence-electron chi connectivity index (χ4n) is 1.38. The van der Waals surface area contributed by atoms with E-state index in [-0.39, 0.29) is 0 Å². The lowest BCUT2D eigenvalue weighted by Crippen LogP contribution is -2.02. The van der Waals surface area contributed by atoms with Crippen LogP contribution in [0.3, 0.4) is 0 Å². The standard InChI is InChI=1S/C10H11BrN4/c1-13-10-6-9(12)14-15(10)8-4-2-3-7(11)5-8/h2-6,13H,1H3,(H2,12,14). The Labute approximate surface area is 96.2 Å². The molecule has 0 saturated carbocycles. The fraction of sp³-hybridized carbons (Fsp3) is 0.100. The molecule has 1 aromatic heterocycles. The summed E-state index contributed by atoms with van der Waals surface area (Å²) in [6, 6.07) is 9.67. The minimum absolute atomic E-state index is 0.499. The highest BCUT2D eigenvalue weighted by Crippen LogP contribution is 2.20. The monoisotopic (exact) mass is 266 g/mol. The Morgan fingerprint density at radius 1 is 1.40 bits per heavy atom. The lowest BCUT2D eigenvalue weighted by atomic mass is 10.3. The molecule has 2 rings (SSSR count). The number of nitrogen functional groups attached to an aromatic ring is 1. The number of hydrogen-bond acceptors (Lipinski definition) is 3. The first-order valence-corrected chi connectivity index (χ1v) is 5.29. The maximum Gasteiger partial charge on any atom is 0.148 e. The zero-order valence-corrected chi connectivity index (χ0v) is 9.82. The van der Waals surface area contributed by atoms with Gasteiger partial charge in [-0.1, -0.05) is 22.0 Å². The third kappa shape index (κ3) is 1.97. The zero-order valence-electron chi connectivity index (χ0n) is 8.24. The van der Waals surface area contributed by atoms with Crippen molar-refractivity contribution in [3.63, 3.8) is 0 Å². The molecular formula is C10H11BrN4. The van der Waals surface area contributed by atoms with E-state index in [4.69, 9.17) is 5.73 Å². The van der Waals surface area contributed by atoms with E-state index in [0.717, 1.165) is 16.0 Å². The van der Waals surface area contributed by atoms with E-state index in [9.17, 15) is 0 Å². The molecule has 1 heterocycles. The topological polar surface area (TPSA) is 55.9 Å². The molecule has 15 heavy (non-hydrogen) atoms. The van der Waals surface area contributed by atoms with Gasteiger partial charge in [0.05, 0.1) is 5.69 Å². The summed E-state index contributed by atoms with van der Waals surface area (Å²) < 4.78 is 2.77. The van der Waals surface area contributed by atoms with Crippen LogP contribution in [0.15, 0.2) is 34.8 Å². The van der Waals surface area contributed by atoms with Crippen LogP contribution < -0.4 is 11.1 Å². The molecule has 0 bridgehead atoms. The predicted molar refractivity (Wildman–Crippen MR) is 65.2 cm³/mol. The lowest BCUT2D eigenvalue weighted by molar-refractivity contribution is 0.890. The molecule has 0 unspecified atom stereocenters. The highest BCUT2D eigenvalue weighted by atomic mass is 79.9. The second-order valence-electron chi connectivity index (χ2n) is 3.10. The number of nitrogens with two attached hydrogens (primary N) is 1. The van der Waals surface area contributed by atoms with Crippen molar-refractivity contribution < 1.29 is 0 Å². The Morgan fingerprint density at radius 3 is 2.87 bits per heavy atom. The summed E-state index contributed by atoms with van der Waals surface area (Å²) in [5.41, 5.74) is 6.61. The fourth-order valence-corrected chi connectivity index (χ4v) is 1.77. The van der Waals surface area contributed by atoms with Gasteiger partial charge in [0.15, 0.2) is 0 Å². The summed E-state index contributed by atoms with van der Waals surface area (Å²) in [7, 11) is 1.84. The molecule has 2 aromatic rings. The van der Waals surface area contributed by atoms with Gasteiger partial charge in [-0.15, -0.1) is 5.10 Å². The van der Waals surface area contributed by atoms with Crippen LogP contribution >= 0.6 is 15.9 Å². The Morgan fingerprint density at radius 2 is 2.20 bits per heavy atom. The van der Waals surface area contributed by atoms with Gasteiger partial charge in [-0.05, 0) is 18.2 Å². The van der Waals surface area contributed by atoms with Crippen molar-refractivity contribution >= 4 is 27.6 Å². The number of anilines is 2. The molecule has 5 heteroatoms. The number of nitrogens with zero attached hydrogens (tertiary/aromatic N) is 2. The minimum Gasteiger partial charge on any atom is -0.382 e. The van der Waals surface area contributed by atoms with Crippen molar-refractivity contribution in [2.45, 2.75) is 0 Å². The summed E-state index contributed by atoms with van der Waals surface area (Å²) in [4.78, 5) is 0. The molecule has 0 spiro atoms. The van der Waals surface area contributed by atoms with Crippen molar-refractivity contribution in [2.24, 2.45) is 0 Å². The van der Waals surface area contributed by atoms with Crippen LogP contribution in [0.4, 0.5) is 11.6 Å².